The van der Waals surface area contributed by atoms with Gasteiger partial charge in [0.2, 0.25) is 0 Å². The summed E-state index contributed by atoms with van der Waals surface area (Å²) < 4.78 is 0. The summed E-state index contributed by atoms with van der Waals surface area (Å²) in [7, 11) is 0. The maximum absolute atomic E-state index is 6.01. The van der Waals surface area contributed by atoms with Crippen LogP contribution in [0.5, 0.6) is 0 Å². The molecular weight excluding hydrogens is 286 g/mol. The first-order chi connectivity index (χ1) is 11.1. The third kappa shape index (κ3) is 5.52. The lowest BCUT2D eigenvalue weighted by atomic mass is 10.1. The van der Waals surface area contributed by atoms with E-state index in [1.165, 1.54) is 5.56 Å². The van der Waals surface area contributed by atoms with E-state index in [2.05, 4.69) is 65.1 Å². The van der Waals surface area contributed by atoms with E-state index in [0.29, 0.717) is 12.0 Å². The number of nitrogens with one attached hydrogen (secondary N) is 1. The number of nitrogens with two attached hydrogens (primary N) is 1. The predicted molar refractivity (Wildman–Crippen MR) is 99.1 cm³/mol. The number of hydrogen-bond donors (Lipinski definition) is 2. The summed E-state index contributed by atoms with van der Waals surface area (Å²) in [6.07, 6.45) is 1.05. The van der Waals surface area contributed by atoms with Gasteiger partial charge in [0, 0.05) is 37.9 Å². The van der Waals surface area contributed by atoms with E-state index < -0.39 is 0 Å². The Labute approximate surface area is 140 Å². The summed E-state index contributed by atoms with van der Waals surface area (Å²) in [5.74, 6) is 0.494. The van der Waals surface area contributed by atoms with Crippen LogP contribution in [0.25, 0.3) is 0 Å². The summed E-state index contributed by atoms with van der Waals surface area (Å²) >= 11 is 0. The van der Waals surface area contributed by atoms with Gasteiger partial charge in [0.1, 0.15) is 0 Å². The standard InChI is InChI=1S/C18H31N5/c1-4-16-6-8-17(9-7-16)21-18(19)20-14-15(3)23-12-10-22(5-2)11-13-23/h6-9,15H,4-5,10-14H2,1-3H3,(H3,19,20,21). The molecule has 1 aromatic rings. The van der Waals surface area contributed by atoms with E-state index >= 15 is 0 Å². The monoisotopic (exact) mass is 317 g/mol. The Kier molecular flexibility index (Phi) is 6.86. The number of aliphatic imine (C=N–C) groups is 1. The molecule has 1 atom stereocenters. The lowest BCUT2D eigenvalue weighted by Crippen LogP contribution is -2.50. The molecule has 5 nitrogen and oxygen atoms in total. The summed E-state index contributed by atoms with van der Waals surface area (Å²) in [5.41, 5.74) is 8.33. The van der Waals surface area contributed by atoms with Crippen LogP contribution in [0.3, 0.4) is 0 Å². The van der Waals surface area contributed by atoms with Gasteiger partial charge >= 0.3 is 0 Å². The maximum Gasteiger partial charge on any atom is 0.193 e. The van der Waals surface area contributed by atoms with Gasteiger partial charge in [-0.1, -0.05) is 26.0 Å². The molecule has 1 saturated heterocycles. The molecule has 1 aliphatic rings. The maximum atomic E-state index is 6.01. The molecule has 1 unspecified atom stereocenters. The second kappa shape index (κ2) is 8.89. The molecule has 0 aromatic heterocycles. The summed E-state index contributed by atoms with van der Waals surface area (Å²) in [6, 6.07) is 8.76. The van der Waals surface area contributed by atoms with Crippen LogP contribution in [0, 0.1) is 0 Å². The van der Waals surface area contributed by atoms with Crippen molar-refractivity contribution in [3.05, 3.63) is 29.8 Å². The lowest BCUT2D eigenvalue weighted by Gasteiger charge is -2.37. The highest BCUT2D eigenvalue weighted by Gasteiger charge is 2.19. The summed E-state index contributed by atoms with van der Waals surface area (Å²) in [6.45, 7) is 13.0. The quantitative estimate of drug-likeness (QED) is 0.622. The average molecular weight is 317 g/mol. The molecule has 1 fully saturated rings. The molecule has 0 amide bonds. The van der Waals surface area contributed by atoms with Crippen molar-refractivity contribution in [2.45, 2.75) is 33.2 Å². The van der Waals surface area contributed by atoms with Crippen molar-refractivity contribution >= 4 is 11.6 Å². The van der Waals surface area contributed by atoms with Gasteiger partial charge in [-0.3, -0.25) is 9.89 Å². The molecule has 0 radical (unpaired) electrons. The van der Waals surface area contributed by atoms with Crippen molar-refractivity contribution < 1.29 is 0 Å². The van der Waals surface area contributed by atoms with Crippen LogP contribution in [0.2, 0.25) is 0 Å². The molecule has 1 heterocycles. The van der Waals surface area contributed by atoms with Crippen LogP contribution in [-0.4, -0.2) is 61.1 Å². The Morgan fingerprint density at radius 3 is 2.39 bits per heavy atom. The second-order valence-electron chi connectivity index (χ2n) is 6.22. The Morgan fingerprint density at radius 2 is 1.83 bits per heavy atom. The Balaban J connectivity index is 1.79. The van der Waals surface area contributed by atoms with Gasteiger partial charge in [0.05, 0.1) is 6.54 Å². The van der Waals surface area contributed by atoms with Gasteiger partial charge in [-0.2, -0.15) is 0 Å². The molecule has 0 aliphatic carbocycles. The number of aryl methyl sites for hydroxylation is 1. The molecule has 3 N–H and O–H groups in total. The Bertz CT molecular complexity index is 489. The third-order valence-corrected chi connectivity index (χ3v) is 4.64. The number of benzene rings is 1. The van der Waals surface area contributed by atoms with Crippen molar-refractivity contribution in [3.8, 4) is 0 Å². The van der Waals surface area contributed by atoms with Crippen molar-refractivity contribution in [3.63, 3.8) is 0 Å². The fourth-order valence-corrected chi connectivity index (χ4v) is 2.88. The summed E-state index contributed by atoms with van der Waals surface area (Å²) in [4.78, 5) is 9.49. The van der Waals surface area contributed by atoms with E-state index in [-0.39, 0.29) is 0 Å². The van der Waals surface area contributed by atoms with Crippen LogP contribution < -0.4 is 11.1 Å². The van der Waals surface area contributed by atoms with Crippen molar-refractivity contribution in [1.29, 1.82) is 0 Å². The zero-order valence-corrected chi connectivity index (χ0v) is 14.8. The van der Waals surface area contributed by atoms with Crippen molar-refractivity contribution in [2.75, 3.05) is 44.6 Å². The van der Waals surface area contributed by atoms with Crippen LogP contribution >= 0.6 is 0 Å². The number of hydrogen-bond acceptors (Lipinski definition) is 3. The zero-order valence-electron chi connectivity index (χ0n) is 14.8. The molecule has 23 heavy (non-hydrogen) atoms. The minimum Gasteiger partial charge on any atom is -0.370 e. The normalized spacial score (nSPS) is 18.8. The van der Waals surface area contributed by atoms with Crippen LogP contribution in [0.4, 0.5) is 5.69 Å². The number of guanidine groups is 1. The lowest BCUT2D eigenvalue weighted by molar-refractivity contribution is 0.109. The fraction of sp³-hybridized carbons (Fsp3) is 0.611. The highest BCUT2D eigenvalue weighted by atomic mass is 15.3. The number of nitrogens with zero attached hydrogens (tertiary/aromatic N) is 3. The van der Waals surface area contributed by atoms with Gasteiger partial charge in [0.25, 0.3) is 0 Å². The van der Waals surface area contributed by atoms with Crippen LogP contribution in [-0.2, 0) is 6.42 Å². The van der Waals surface area contributed by atoms with Gasteiger partial charge in [0.15, 0.2) is 5.96 Å². The van der Waals surface area contributed by atoms with E-state index in [0.717, 1.165) is 51.4 Å². The molecule has 0 spiro atoms. The van der Waals surface area contributed by atoms with E-state index in [1.807, 2.05) is 0 Å². The molecule has 1 aromatic carbocycles. The van der Waals surface area contributed by atoms with E-state index in [1.54, 1.807) is 0 Å². The first-order valence-electron chi connectivity index (χ1n) is 8.74. The van der Waals surface area contributed by atoms with Crippen LogP contribution in [0.15, 0.2) is 29.3 Å². The number of likely N-dealkylation sites (N-methyl/N-ethyl adjacent to an activating group) is 1. The zero-order chi connectivity index (χ0) is 16.7. The SMILES string of the molecule is CCc1ccc(NC(N)=NCC(C)N2CCN(CC)CC2)cc1. The topological polar surface area (TPSA) is 56.9 Å². The van der Waals surface area contributed by atoms with Gasteiger partial charge in [-0.15, -0.1) is 0 Å². The highest BCUT2D eigenvalue weighted by molar-refractivity contribution is 5.92. The molecule has 2 rings (SSSR count). The minimum absolute atomic E-state index is 0.428. The van der Waals surface area contributed by atoms with Crippen LogP contribution in [0.1, 0.15) is 26.3 Å². The first kappa shape index (κ1) is 17.8. The average Bonchev–Trinajstić information content (AvgIpc) is 2.60. The number of rotatable bonds is 6. The second-order valence-corrected chi connectivity index (χ2v) is 6.22. The smallest absolute Gasteiger partial charge is 0.193 e. The van der Waals surface area contributed by atoms with Crippen molar-refractivity contribution in [1.82, 2.24) is 9.80 Å². The molecule has 5 heteroatoms. The fourth-order valence-electron chi connectivity index (χ4n) is 2.88. The molecular formula is C18H31N5. The molecule has 0 bridgehead atoms. The predicted octanol–water partition coefficient (Wildman–Crippen LogP) is 2.00. The highest BCUT2D eigenvalue weighted by Crippen LogP contribution is 2.10. The molecule has 1 aliphatic heterocycles. The largest absolute Gasteiger partial charge is 0.370 e. The number of anilines is 1. The van der Waals surface area contributed by atoms with E-state index in [9.17, 15) is 0 Å². The molecule has 0 saturated carbocycles. The number of piperazine rings is 1. The Hall–Kier alpha value is -1.59. The van der Waals surface area contributed by atoms with Gasteiger partial charge in [-0.05, 0) is 37.6 Å². The molecule has 128 valence electrons. The Morgan fingerprint density at radius 1 is 1.17 bits per heavy atom. The third-order valence-electron chi connectivity index (χ3n) is 4.64. The van der Waals surface area contributed by atoms with Crippen molar-refractivity contribution in [2.24, 2.45) is 10.7 Å². The minimum atomic E-state index is 0.428. The first-order valence-corrected chi connectivity index (χ1v) is 8.74. The van der Waals surface area contributed by atoms with Gasteiger partial charge in [-0.25, -0.2) is 0 Å². The summed E-state index contributed by atoms with van der Waals surface area (Å²) in [5, 5.41) is 3.17. The van der Waals surface area contributed by atoms with E-state index in [4.69, 9.17) is 5.73 Å². The van der Waals surface area contributed by atoms with Gasteiger partial charge < -0.3 is 16.0 Å².